The van der Waals surface area contributed by atoms with Gasteiger partial charge in [-0.2, -0.15) is 5.10 Å². The van der Waals surface area contributed by atoms with E-state index in [9.17, 15) is 14.7 Å². The molecule has 160 valence electrons. The van der Waals surface area contributed by atoms with Crippen LogP contribution in [0.15, 0.2) is 36.4 Å². The van der Waals surface area contributed by atoms with Crippen LogP contribution < -0.4 is 0 Å². The predicted molar refractivity (Wildman–Crippen MR) is 113 cm³/mol. The van der Waals surface area contributed by atoms with Crippen molar-refractivity contribution in [2.45, 2.75) is 51.8 Å². The largest absolute Gasteiger partial charge is 0.391 e. The SMILES string of the molecule is Cc1cc(C)n(CC(=O)N2CCC3(CC2)C[C@@H](O)[C@H](c2ccccc2)N(C)C3=O)n1. The molecule has 0 aliphatic carbocycles. The molecule has 1 aromatic carbocycles. The molecule has 3 heterocycles. The molecule has 0 unspecified atom stereocenters. The smallest absolute Gasteiger partial charge is 0.244 e. The van der Waals surface area contributed by atoms with Crippen LogP contribution >= 0.6 is 0 Å². The van der Waals surface area contributed by atoms with Gasteiger partial charge < -0.3 is 14.9 Å². The maximum atomic E-state index is 13.3. The highest BCUT2D eigenvalue weighted by Gasteiger charge is 2.51. The summed E-state index contributed by atoms with van der Waals surface area (Å²) in [5.74, 6) is 0.0997. The van der Waals surface area contributed by atoms with Gasteiger partial charge in [0.05, 0.1) is 23.3 Å². The summed E-state index contributed by atoms with van der Waals surface area (Å²) in [5, 5.41) is 15.3. The lowest BCUT2D eigenvalue weighted by atomic mass is 9.68. The number of rotatable bonds is 3. The summed E-state index contributed by atoms with van der Waals surface area (Å²) >= 11 is 0. The van der Waals surface area contributed by atoms with E-state index in [0.717, 1.165) is 17.0 Å². The Labute approximate surface area is 177 Å². The molecule has 1 N–H and O–H groups in total. The number of likely N-dealkylation sites (tertiary alicyclic amines) is 2. The highest BCUT2D eigenvalue weighted by Crippen LogP contribution is 2.46. The summed E-state index contributed by atoms with van der Waals surface area (Å²) in [6.07, 6.45) is 0.983. The molecule has 2 atom stereocenters. The molecule has 1 aromatic heterocycles. The number of aliphatic hydroxyl groups excluding tert-OH is 1. The van der Waals surface area contributed by atoms with Gasteiger partial charge in [-0.3, -0.25) is 14.3 Å². The number of carbonyl (C=O) groups is 2. The van der Waals surface area contributed by atoms with E-state index in [4.69, 9.17) is 0 Å². The molecule has 1 spiro atoms. The van der Waals surface area contributed by atoms with E-state index in [-0.39, 0.29) is 24.4 Å². The second kappa shape index (κ2) is 7.87. The maximum absolute atomic E-state index is 13.3. The fraction of sp³-hybridized carbons (Fsp3) is 0.522. The number of aromatic nitrogens is 2. The minimum Gasteiger partial charge on any atom is -0.391 e. The van der Waals surface area contributed by atoms with Gasteiger partial charge in [-0.25, -0.2) is 0 Å². The van der Waals surface area contributed by atoms with Crippen molar-refractivity contribution in [1.82, 2.24) is 19.6 Å². The number of benzene rings is 1. The molecular weight excluding hydrogens is 380 g/mol. The van der Waals surface area contributed by atoms with Crippen molar-refractivity contribution >= 4 is 11.8 Å². The van der Waals surface area contributed by atoms with Crippen LogP contribution in [-0.4, -0.2) is 62.7 Å². The minimum atomic E-state index is -0.618. The topological polar surface area (TPSA) is 78.7 Å². The van der Waals surface area contributed by atoms with Crippen LogP contribution in [0.2, 0.25) is 0 Å². The van der Waals surface area contributed by atoms with Gasteiger partial charge in [0.25, 0.3) is 0 Å². The van der Waals surface area contributed by atoms with E-state index in [0.29, 0.717) is 32.4 Å². The molecule has 7 nitrogen and oxygen atoms in total. The third-order valence-corrected chi connectivity index (χ3v) is 6.76. The van der Waals surface area contributed by atoms with Crippen LogP contribution in [-0.2, 0) is 16.1 Å². The molecule has 4 rings (SSSR count). The molecule has 30 heavy (non-hydrogen) atoms. The van der Waals surface area contributed by atoms with Crippen molar-refractivity contribution in [2.24, 2.45) is 5.41 Å². The Hall–Kier alpha value is -2.67. The average Bonchev–Trinajstić information content (AvgIpc) is 3.04. The van der Waals surface area contributed by atoms with Crippen molar-refractivity contribution in [1.29, 1.82) is 0 Å². The fourth-order valence-corrected chi connectivity index (χ4v) is 5.12. The van der Waals surface area contributed by atoms with Crippen LogP contribution in [0.5, 0.6) is 0 Å². The van der Waals surface area contributed by atoms with E-state index >= 15 is 0 Å². The molecule has 2 aliphatic rings. The number of nitrogens with zero attached hydrogens (tertiary/aromatic N) is 4. The Morgan fingerprint density at radius 1 is 1.20 bits per heavy atom. The molecule has 2 saturated heterocycles. The number of piperidine rings is 2. The molecule has 2 aromatic rings. The van der Waals surface area contributed by atoms with Crippen LogP contribution in [0.3, 0.4) is 0 Å². The van der Waals surface area contributed by atoms with E-state index < -0.39 is 11.5 Å². The van der Waals surface area contributed by atoms with Gasteiger partial charge in [0.2, 0.25) is 11.8 Å². The summed E-state index contributed by atoms with van der Waals surface area (Å²) < 4.78 is 1.73. The van der Waals surface area contributed by atoms with Crippen LogP contribution in [0.25, 0.3) is 0 Å². The summed E-state index contributed by atoms with van der Waals surface area (Å²) in [6, 6.07) is 11.3. The highest BCUT2D eigenvalue weighted by molar-refractivity contribution is 5.85. The van der Waals surface area contributed by atoms with Crippen molar-refractivity contribution in [3.63, 3.8) is 0 Å². The van der Waals surface area contributed by atoms with Crippen molar-refractivity contribution < 1.29 is 14.7 Å². The lowest BCUT2D eigenvalue weighted by Crippen LogP contribution is -2.58. The standard InChI is InChI=1S/C23H30N4O3/c1-16-13-17(2)27(24-16)15-20(29)26-11-9-23(10-12-26)14-19(28)21(25(3)22(23)30)18-7-5-4-6-8-18/h4-8,13,19,21,28H,9-12,14-15H2,1-3H3/t19-,21+/m1/s1. The molecule has 2 aliphatic heterocycles. The monoisotopic (exact) mass is 410 g/mol. The lowest BCUT2D eigenvalue weighted by molar-refractivity contribution is -0.163. The molecule has 0 bridgehead atoms. The second-order valence-electron chi connectivity index (χ2n) is 8.79. The molecular formula is C23H30N4O3. The summed E-state index contributed by atoms with van der Waals surface area (Å²) in [7, 11) is 1.78. The Balaban J connectivity index is 1.43. The molecule has 0 radical (unpaired) electrons. The van der Waals surface area contributed by atoms with Crippen LogP contribution in [0.1, 0.15) is 42.3 Å². The quantitative estimate of drug-likeness (QED) is 0.840. The lowest BCUT2D eigenvalue weighted by Gasteiger charge is -2.50. The van der Waals surface area contributed by atoms with Gasteiger partial charge in [-0.05, 0) is 44.7 Å². The first kappa shape index (κ1) is 20.6. The summed E-state index contributed by atoms with van der Waals surface area (Å²) in [6.45, 7) is 5.14. The number of hydrogen-bond donors (Lipinski definition) is 1. The zero-order chi connectivity index (χ0) is 21.5. The van der Waals surface area contributed by atoms with E-state index in [1.807, 2.05) is 55.1 Å². The van der Waals surface area contributed by atoms with Gasteiger partial charge in [-0.1, -0.05) is 30.3 Å². The van der Waals surface area contributed by atoms with E-state index in [2.05, 4.69) is 5.10 Å². The Morgan fingerprint density at radius 3 is 2.47 bits per heavy atom. The second-order valence-corrected chi connectivity index (χ2v) is 8.79. The number of likely N-dealkylation sites (N-methyl/N-ethyl adjacent to an activating group) is 1. The summed E-state index contributed by atoms with van der Waals surface area (Å²) in [5.41, 5.74) is 2.23. The first-order valence-electron chi connectivity index (χ1n) is 10.6. The predicted octanol–water partition coefficient (Wildman–Crippen LogP) is 2.07. The first-order valence-corrected chi connectivity index (χ1v) is 10.6. The zero-order valence-corrected chi connectivity index (χ0v) is 17.9. The minimum absolute atomic E-state index is 0.0235. The Morgan fingerprint density at radius 2 is 1.87 bits per heavy atom. The maximum Gasteiger partial charge on any atom is 0.244 e. The number of amides is 2. The first-order chi connectivity index (χ1) is 14.3. The number of hydrogen-bond acceptors (Lipinski definition) is 4. The number of aryl methyl sites for hydroxylation is 2. The van der Waals surface area contributed by atoms with E-state index in [1.54, 1.807) is 16.6 Å². The highest BCUT2D eigenvalue weighted by atomic mass is 16.3. The van der Waals surface area contributed by atoms with Crippen LogP contribution in [0.4, 0.5) is 0 Å². The van der Waals surface area contributed by atoms with Crippen molar-refractivity contribution in [3.05, 3.63) is 53.3 Å². The third-order valence-electron chi connectivity index (χ3n) is 6.76. The van der Waals surface area contributed by atoms with Crippen molar-refractivity contribution in [2.75, 3.05) is 20.1 Å². The number of carbonyl (C=O) groups excluding carboxylic acids is 2. The zero-order valence-electron chi connectivity index (χ0n) is 17.9. The molecule has 2 fully saturated rings. The number of aliphatic hydroxyl groups is 1. The summed E-state index contributed by atoms with van der Waals surface area (Å²) in [4.78, 5) is 29.6. The molecule has 0 saturated carbocycles. The fourth-order valence-electron chi connectivity index (χ4n) is 5.12. The van der Waals surface area contributed by atoms with Crippen molar-refractivity contribution in [3.8, 4) is 0 Å². The van der Waals surface area contributed by atoms with Gasteiger partial charge in [0, 0.05) is 25.8 Å². The third kappa shape index (κ3) is 3.62. The normalized spacial score (nSPS) is 23.8. The van der Waals surface area contributed by atoms with Gasteiger partial charge >= 0.3 is 0 Å². The molecule has 7 heteroatoms. The van der Waals surface area contributed by atoms with E-state index in [1.165, 1.54) is 0 Å². The van der Waals surface area contributed by atoms with Gasteiger partial charge in [-0.15, -0.1) is 0 Å². The average molecular weight is 411 g/mol. The molecule has 2 amide bonds. The van der Waals surface area contributed by atoms with Gasteiger partial charge in [0.15, 0.2) is 0 Å². The van der Waals surface area contributed by atoms with Crippen LogP contribution in [0, 0.1) is 19.3 Å². The Kier molecular flexibility index (Phi) is 5.40. The van der Waals surface area contributed by atoms with Gasteiger partial charge in [0.1, 0.15) is 6.54 Å². The Bertz CT molecular complexity index is 931.